The van der Waals surface area contributed by atoms with E-state index in [0.717, 1.165) is 20.1 Å². The van der Waals surface area contributed by atoms with Crippen molar-refractivity contribution in [2.24, 2.45) is 0 Å². The van der Waals surface area contributed by atoms with Gasteiger partial charge in [0.15, 0.2) is 0 Å². The summed E-state index contributed by atoms with van der Waals surface area (Å²) in [4.78, 5) is 13.5. The van der Waals surface area contributed by atoms with E-state index in [1.807, 2.05) is 42.7 Å². The van der Waals surface area contributed by atoms with Crippen LogP contribution in [-0.2, 0) is 6.54 Å². The van der Waals surface area contributed by atoms with Crippen LogP contribution in [0, 0.1) is 25.2 Å². The number of nitrogens with zero attached hydrogens (tertiary/aromatic N) is 2. The molecule has 0 unspecified atom stereocenters. The molecule has 2 rings (SSSR count). The first-order valence-electron chi connectivity index (χ1n) is 6.67. The van der Waals surface area contributed by atoms with E-state index < -0.39 is 0 Å². The maximum atomic E-state index is 12.6. The highest BCUT2D eigenvalue weighted by molar-refractivity contribution is 9.11. The van der Waals surface area contributed by atoms with Crippen LogP contribution in [0.5, 0.6) is 0 Å². The number of halogens is 1. The smallest absolute Gasteiger partial charge is 0.205 e. The number of allylic oxidation sites excluding steroid dienone is 2. The summed E-state index contributed by atoms with van der Waals surface area (Å²) in [7, 11) is 0. The number of aromatic nitrogens is 1. The SMILES string of the molecule is C=CCn1c(C)cc(C(=O)/C(C#N)=C/c2ccc(Br)s2)c1C. The molecule has 0 aliphatic heterocycles. The number of ketones is 1. The van der Waals surface area contributed by atoms with Gasteiger partial charge in [0, 0.05) is 28.4 Å². The molecule has 0 bridgehead atoms. The van der Waals surface area contributed by atoms with E-state index in [-0.39, 0.29) is 11.4 Å². The molecular weight excluding hydrogens is 360 g/mol. The summed E-state index contributed by atoms with van der Waals surface area (Å²) in [5.41, 5.74) is 2.56. The van der Waals surface area contributed by atoms with Gasteiger partial charge < -0.3 is 4.57 Å². The van der Waals surface area contributed by atoms with Crippen LogP contribution in [0.15, 0.2) is 40.2 Å². The van der Waals surface area contributed by atoms with Crippen molar-refractivity contribution < 1.29 is 4.79 Å². The molecule has 0 spiro atoms. The molecule has 0 aliphatic rings. The minimum absolute atomic E-state index is 0.146. The normalized spacial score (nSPS) is 11.3. The molecule has 0 radical (unpaired) electrons. The fourth-order valence-corrected chi connectivity index (χ4v) is 3.65. The Morgan fingerprint density at radius 1 is 1.50 bits per heavy atom. The number of thiophene rings is 1. The Morgan fingerprint density at radius 2 is 2.23 bits per heavy atom. The third kappa shape index (κ3) is 3.29. The van der Waals surface area contributed by atoms with Crippen molar-refractivity contribution in [3.8, 4) is 6.07 Å². The molecule has 5 heteroatoms. The number of hydrogen-bond acceptors (Lipinski definition) is 3. The summed E-state index contributed by atoms with van der Waals surface area (Å²) >= 11 is 4.86. The van der Waals surface area contributed by atoms with Crippen molar-refractivity contribution in [2.75, 3.05) is 0 Å². The molecule has 22 heavy (non-hydrogen) atoms. The summed E-state index contributed by atoms with van der Waals surface area (Å²) in [6.07, 6.45) is 3.43. The van der Waals surface area contributed by atoms with Gasteiger partial charge in [-0.25, -0.2) is 0 Å². The van der Waals surface area contributed by atoms with E-state index in [1.165, 1.54) is 11.3 Å². The second kappa shape index (κ2) is 6.91. The number of hydrogen-bond donors (Lipinski definition) is 0. The number of carbonyl (C=O) groups is 1. The van der Waals surface area contributed by atoms with Crippen LogP contribution in [-0.4, -0.2) is 10.4 Å². The van der Waals surface area contributed by atoms with E-state index in [2.05, 4.69) is 22.5 Å². The van der Waals surface area contributed by atoms with Crippen LogP contribution in [0.2, 0.25) is 0 Å². The quantitative estimate of drug-likeness (QED) is 0.323. The second-order valence-electron chi connectivity index (χ2n) is 4.82. The molecule has 0 saturated heterocycles. The van der Waals surface area contributed by atoms with Gasteiger partial charge >= 0.3 is 0 Å². The zero-order valence-corrected chi connectivity index (χ0v) is 14.8. The summed E-state index contributed by atoms with van der Waals surface area (Å²) < 4.78 is 2.98. The molecular formula is C17H15BrN2OS. The molecule has 0 saturated carbocycles. The molecule has 0 fully saturated rings. The fraction of sp³-hybridized carbons (Fsp3) is 0.176. The maximum absolute atomic E-state index is 12.6. The number of rotatable bonds is 5. The van der Waals surface area contributed by atoms with Crippen molar-refractivity contribution in [1.82, 2.24) is 4.57 Å². The number of aryl methyl sites for hydroxylation is 1. The molecule has 112 valence electrons. The molecule has 0 aliphatic carbocycles. The maximum Gasteiger partial charge on any atom is 0.205 e. The van der Waals surface area contributed by atoms with Gasteiger partial charge in [0.05, 0.1) is 3.79 Å². The Hall–Kier alpha value is -1.90. The lowest BCUT2D eigenvalue weighted by Crippen LogP contribution is -2.05. The Morgan fingerprint density at radius 3 is 2.77 bits per heavy atom. The average molecular weight is 375 g/mol. The first-order valence-corrected chi connectivity index (χ1v) is 8.28. The number of Topliss-reactive ketones (excluding diaryl/α,β-unsaturated/α-hetero) is 1. The fourth-order valence-electron chi connectivity index (χ4n) is 2.28. The first kappa shape index (κ1) is 16.5. The van der Waals surface area contributed by atoms with Gasteiger partial charge in [0.2, 0.25) is 5.78 Å². The topological polar surface area (TPSA) is 45.8 Å². The lowest BCUT2D eigenvalue weighted by molar-refractivity contribution is 0.103. The highest BCUT2D eigenvalue weighted by atomic mass is 79.9. The average Bonchev–Trinajstić information content (AvgIpc) is 3.02. The lowest BCUT2D eigenvalue weighted by atomic mass is 10.0. The van der Waals surface area contributed by atoms with Crippen LogP contribution in [0.25, 0.3) is 6.08 Å². The Bertz CT molecular complexity index is 805. The van der Waals surface area contributed by atoms with Crippen molar-refractivity contribution >= 4 is 39.1 Å². The van der Waals surface area contributed by atoms with Gasteiger partial charge in [-0.2, -0.15) is 5.26 Å². The second-order valence-corrected chi connectivity index (χ2v) is 7.32. The third-order valence-corrected chi connectivity index (χ3v) is 4.95. The predicted molar refractivity (Wildman–Crippen MR) is 94.0 cm³/mol. The van der Waals surface area contributed by atoms with E-state index in [0.29, 0.717) is 12.1 Å². The molecule has 0 amide bonds. The van der Waals surface area contributed by atoms with Crippen LogP contribution >= 0.6 is 27.3 Å². The largest absolute Gasteiger partial charge is 0.345 e. The Balaban J connectivity index is 2.42. The molecule has 2 heterocycles. The summed E-state index contributed by atoms with van der Waals surface area (Å²) in [5, 5.41) is 9.33. The van der Waals surface area contributed by atoms with Crippen LogP contribution in [0.3, 0.4) is 0 Å². The predicted octanol–water partition coefficient (Wildman–Crippen LogP) is 4.90. The zero-order valence-electron chi connectivity index (χ0n) is 12.4. The summed E-state index contributed by atoms with van der Waals surface area (Å²) in [5.74, 6) is -0.240. The van der Waals surface area contributed by atoms with Gasteiger partial charge in [-0.1, -0.05) is 6.08 Å². The van der Waals surface area contributed by atoms with E-state index in [1.54, 1.807) is 12.2 Å². The Kier molecular flexibility index (Phi) is 5.17. The van der Waals surface area contributed by atoms with Gasteiger partial charge in [-0.3, -0.25) is 4.79 Å². The van der Waals surface area contributed by atoms with Gasteiger partial charge in [-0.15, -0.1) is 17.9 Å². The molecule has 0 aromatic carbocycles. The minimum Gasteiger partial charge on any atom is -0.345 e. The van der Waals surface area contributed by atoms with Gasteiger partial charge in [0.25, 0.3) is 0 Å². The lowest BCUT2D eigenvalue weighted by Gasteiger charge is -2.05. The van der Waals surface area contributed by atoms with Crippen LogP contribution < -0.4 is 0 Å². The highest BCUT2D eigenvalue weighted by Gasteiger charge is 2.19. The van der Waals surface area contributed by atoms with Crippen molar-refractivity contribution in [3.63, 3.8) is 0 Å². The monoisotopic (exact) mass is 374 g/mol. The first-order chi connectivity index (χ1) is 10.5. The highest BCUT2D eigenvalue weighted by Crippen LogP contribution is 2.25. The zero-order chi connectivity index (χ0) is 16.3. The number of carbonyl (C=O) groups excluding carboxylic acids is 1. The molecule has 0 atom stereocenters. The third-order valence-electron chi connectivity index (χ3n) is 3.38. The van der Waals surface area contributed by atoms with E-state index in [9.17, 15) is 10.1 Å². The minimum atomic E-state index is -0.240. The van der Waals surface area contributed by atoms with E-state index >= 15 is 0 Å². The van der Waals surface area contributed by atoms with Gasteiger partial charge in [0.1, 0.15) is 11.6 Å². The van der Waals surface area contributed by atoms with Gasteiger partial charge in [-0.05, 0) is 54.1 Å². The van der Waals surface area contributed by atoms with Crippen molar-refractivity contribution in [1.29, 1.82) is 5.26 Å². The molecule has 2 aromatic heterocycles. The van der Waals surface area contributed by atoms with Crippen molar-refractivity contribution in [2.45, 2.75) is 20.4 Å². The van der Waals surface area contributed by atoms with E-state index in [4.69, 9.17) is 0 Å². The van der Waals surface area contributed by atoms with Crippen LogP contribution in [0.4, 0.5) is 0 Å². The summed E-state index contributed by atoms with van der Waals surface area (Å²) in [6.45, 7) is 8.21. The Labute approximate surface area is 142 Å². The van der Waals surface area contributed by atoms with Crippen molar-refractivity contribution in [3.05, 3.63) is 62.0 Å². The van der Waals surface area contributed by atoms with Crippen LogP contribution in [0.1, 0.15) is 26.6 Å². The molecule has 0 N–H and O–H groups in total. The standard InChI is InChI=1S/C17H15BrN2OS/c1-4-7-20-11(2)8-15(12(20)3)17(21)13(10-19)9-14-5-6-16(18)22-14/h4-6,8-9H,1,7H2,2-3H3/b13-9+. The summed E-state index contributed by atoms with van der Waals surface area (Å²) in [6, 6.07) is 7.62. The number of nitriles is 1. The molecule has 3 nitrogen and oxygen atoms in total. The molecule has 2 aromatic rings.